The number of aromatic nitrogens is 3. The highest BCUT2D eigenvalue weighted by Gasteiger charge is 2.24. The first kappa shape index (κ1) is 24.7. The van der Waals surface area contributed by atoms with Gasteiger partial charge in [0.2, 0.25) is 5.82 Å². The second-order valence-electron chi connectivity index (χ2n) is 9.74. The number of hydrogen-bond donors (Lipinski definition) is 3. The topological polar surface area (TPSA) is 104 Å². The van der Waals surface area contributed by atoms with Gasteiger partial charge in [-0.1, -0.05) is 26.0 Å². The van der Waals surface area contributed by atoms with E-state index >= 15 is 0 Å². The van der Waals surface area contributed by atoms with Gasteiger partial charge in [0, 0.05) is 18.3 Å². The maximum atomic E-state index is 12.8. The van der Waals surface area contributed by atoms with E-state index in [4.69, 9.17) is 0 Å². The third-order valence-corrected chi connectivity index (χ3v) is 6.77. The summed E-state index contributed by atoms with van der Waals surface area (Å²) in [5.41, 5.74) is 3.08. The van der Waals surface area contributed by atoms with Crippen molar-refractivity contribution in [3.8, 4) is 28.6 Å². The zero-order chi connectivity index (χ0) is 25.1. The van der Waals surface area contributed by atoms with Gasteiger partial charge in [-0.3, -0.25) is 9.36 Å². The molecule has 0 spiro atoms. The van der Waals surface area contributed by atoms with Gasteiger partial charge in [0.15, 0.2) is 5.82 Å². The Morgan fingerprint density at radius 3 is 2.40 bits per heavy atom. The lowest BCUT2D eigenvalue weighted by Gasteiger charge is -2.29. The number of carbonyl (C=O) groups excluding carboxylic acids is 1. The normalized spacial score (nSPS) is 15.0. The lowest BCUT2D eigenvalue weighted by atomic mass is 9.90. The van der Waals surface area contributed by atoms with Crippen molar-refractivity contribution in [1.29, 1.82) is 0 Å². The molecule has 2 heterocycles. The Morgan fingerprint density at radius 1 is 1.09 bits per heavy atom. The van der Waals surface area contributed by atoms with Crippen LogP contribution in [-0.4, -0.2) is 62.5 Å². The molecule has 35 heavy (non-hydrogen) atoms. The van der Waals surface area contributed by atoms with Gasteiger partial charge in [-0.25, -0.2) is 0 Å². The smallest absolute Gasteiger partial charge is 0.289 e. The van der Waals surface area contributed by atoms with Crippen LogP contribution in [0.5, 0.6) is 11.5 Å². The predicted molar refractivity (Wildman–Crippen MR) is 136 cm³/mol. The van der Waals surface area contributed by atoms with Crippen molar-refractivity contribution in [2.45, 2.75) is 46.0 Å². The predicted octanol–water partition coefficient (Wildman–Crippen LogP) is 4.10. The summed E-state index contributed by atoms with van der Waals surface area (Å²) in [7, 11) is 2.17. The number of benzene rings is 2. The van der Waals surface area contributed by atoms with Crippen LogP contribution in [0, 0.1) is 5.92 Å². The molecule has 1 fully saturated rings. The molecular formula is C27H35N5O3. The minimum Gasteiger partial charge on any atom is -0.508 e. The van der Waals surface area contributed by atoms with Gasteiger partial charge < -0.3 is 20.4 Å². The molecule has 2 aromatic carbocycles. The molecule has 0 radical (unpaired) electrons. The van der Waals surface area contributed by atoms with Gasteiger partial charge in [0.25, 0.3) is 5.91 Å². The van der Waals surface area contributed by atoms with Gasteiger partial charge in [-0.05, 0) is 87.5 Å². The summed E-state index contributed by atoms with van der Waals surface area (Å²) in [5, 5.41) is 32.2. The molecule has 8 heteroatoms. The molecule has 1 aliphatic heterocycles. The monoisotopic (exact) mass is 477 g/mol. The van der Waals surface area contributed by atoms with E-state index in [1.54, 1.807) is 10.6 Å². The SMILES string of the molecule is CCNC(=O)c1nnc(-c2cc(C(C)C)c(O)cc2O)n1-c1ccc(CC2CCN(C)CC2)cc1. The average Bonchev–Trinajstić information content (AvgIpc) is 3.26. The summed E-state index contributed by atoms with van der Waals surface area (Å²) in [4.78, 5) is 15.2. The van der Waals surface area contributed by atoms with Crippen molar-refractivity contribution in [2.75, 3.05) is 26.7 Å². The Kier molecular flexibility index (Phi) is 7.40. The van der Waals surface area contributed by atoms with Gasteiger partial charge in [0.05, 0.1) is 5.56 Å². The van der Waals surface area contributed by atoms with Crippen LogP contribution in [-0.2, 0) is 6.42 Å². The molecule has 3 aromatic rings. The fourth-order valence-electron chi connectivity index (χ4n) is 4.71. The maximum absolute atomic E-state index is 12.8. The Balaban J connectivity index is 1.73. The number of phenolic OH excluding ortho intramolecular Hbond substituents is 2. The van der Waals surface area contributed by atoms with Crippen LogP contribution in [0.2, 0.25) is 0 Å². The van der Waals surface area contributed by atoms with E-state index in [1.807, 2.05) is 32.9 Å². The summed E-state index contributed by atoms with van der Waals surface area (Å²) >= 11 is 0. The van der Waals surface area contributed by atoms with Crippen LogP contribution in [0.4, 0.5) is 0 Å². The van der Waals surface area contributed by atoms with E-state index in [0.29, 0.717) is 29.4 Å². The quantitative estimate of drug-likeness (QED) is 0.473. The number of phenols is 2. The summed E-state index contributed by atoms with van der Waals surface area (Å²) in [6.07, 6.45) is 3.43. The van der Waals surface area contributed by atoms with E-state index in [0.717, 1.165) is 25.2 Å². The van der Waals surface area contributed by atoms with Crippen LogP contribution in [0.25, 0.3) is 17.1 Å². The third kappa shape index (κ3) is 5.32. The highest BCUT2D eigenvalue weighted by Crippen LogP contribution is 2.38. The Bertz CT molecular complexity index is 1180. The van der Waals surface area contributed by atoms with E-state index in [9.17, 15) is 15.0 Å². The molecule has 3 N–H and O–H groups in total. The Morgan fingerprint density at radius 2 is 1.77 bits per heavy atom. The highest BCUT2D eigenvalue weighted by atomic mass is 16.3. The minimum absolute atomic E-state index is 0.0227. The van der Waals surface area contributed by atoms with Crippen molar-refractivity contribution < 1.29 is 15.0 Å². The van der Waals surface area contributed by atoms with E-state index in [-0.39, 0.29) is 29.1 Å². The Hall–Kier alpha value is -3.39. The maximum Gasteiger partial charge on any atom is 0.289 e. The van der Waals surface area contributed by atoms with Crippen LogP contribution < -0.4 is 5.32 Å². The molecule has 0 unspecified atom stereocenters. The number of hydrogen-bond acceptors (Lipinski definition) is 6. The van der Waals surface area contributed by atoms with Crippen LogP contribution in [0.1, 0.15) is 61.3 Å². The van der Waals surface area contributed by atoms with Gasteiger partial charge in [-0.2, -0.15) is 0 Å². The molecule has 1 saturated heterocycles. The van der Waals surface area contributed by atoms with Crippen LogP contribution in [0.15, 0.2) is 36.4 Å². The number of nitrogens with one attached hydrogen (secondary N) is 1. The second-order valence-corrected chi connectivity index (χ2v) is 9.74. The summed E-state index contributed by atoms with van der Waals surface area (Å²) in [6, 6.07) is 11.2. The van der Waals surface area contributed by atoms with Gasteiger partial charge in [0.1, 0.15) is 11.5 Å². The largest absolute Gasteiger partial charge is 0.508 e. The molecule has 1 aliphatic rings. The first-order valence-corrected chi connectivity index (χ1v) is 12.4. The lowest BCUT2D eigenvalue weighted by molar-refractivity contribution is 0.0943. The van der Waals surface area contributed by atoms with E-state index in [1.165, 1.54) is 24.5 Å². The number of nitrogens with zero attached hydrogens (tertiary/aromatic N) is 4. The highest BCUT2D eigenvalue weighted by molar-refractivity contribution is 5.92. The molecular weight excluding hydrogens is 442 g/mol. The molecule has 186 valence electrons. The number of aromatic hydroxyl groups is 2. The zero-order valence-corrected chi connectivity index (χ0v) is 21.0. The molecule has 1 amide bonds. The molecule has 0 saturated carbocycles. The number of carbonyl (C=O) groups is 1. The van der Waals surface area contributed by atoms with Crippen molar-refractivity contribution in [2.24, 2.45) is 5.92 Å². The zero-order valence-electron chi connectivity index (χ0n) is 21.0. The van der Waals surface area contributed by atoms with E-state index in [2.05, 4.69) is 39.6 Å². The summed E-state index contributed by atoms with van der Waals surface area (Å²) < 4.78 is 1.67. The lowest BCUT2D eigenvalue weighted by Crippen LogP contribution is -2.30. The van der Waals surface area contributed by atoms with Crippen molar-refractivity contribution >= 4 is 5.91 Å². The first-order valence-electron chi connectivity index (χ1n) is 12.4. The van der Waals surface area contributed by atoms with Crippen LogP contribution >= 0.6 is 0 Å². The molecule has 0 bridgehead atoms. The number of rotatable bonds is 7. The summed E-state index contributed by atoms with van der Waals surface area (Å²) in [6.45, 7) is 8.50. The molecule has 8 nitrogen and oxygen atoms in total. The van der Waals surface area contributed by atoms with Gasteiger partial charge in [-0.15, -0.1) is 10.2 Å². The van der Waals surface area contributed by atoms with Gasteiger partial charge >= 0.3 is 0 Å². The first-order chi connectivity index (χ1) is 16.8. The fraction of sp³-hybridized carbons (Fsp3) is 0.444. The second kappa shape index (κ2) is 10.5. The van der Waals surface area contributed by atoms with E-state index < -0.39 is 0 Å². The molecule has 1 aromatic heterocycles. The standard InChI is InChI=1S/C27H35N5O3/c1-5-28-27(35)26-30-29-25(22-15-21(17(2)3)23(33)16-24(22)34)32(26)20-8-6-18(7-9-20)14-19-10-12-31(4)13-11-19/h6-9,15-17,19,33-34H,5,10-14H2,1-4H3,(H,28,35). The van der Waals surface area contributed by atoms with Crippen molar-refractivity contribution in [1.82, 2.24) is 25.0 Å². The Labute approximate surface area is 206 Å². The van der Waals surface area contributed by atoms with Crippen LogP contribution in [0.3, 0.4) is 0 Å². The molecule has 0 atom stereocenters. The fourth-order valence-corrected chi connectivity index (χ4v) is 4.71. The molecule has 4 rings (SSSR count). The van der Waals surface area contributed by atoms with Crippen molar-refractivity contribution in [3.05, 3.63) is 53.3 Å². The molecule has 0 aliphatic carbocycles. The number of piperidine rings is 1. The summed E-state index contributed by atoms with van der Waals surface area (Å²) in [5.74, 6) is 0.752. The third-order valence-electron chi connectivity index (χ3n) is 6.77. The van der Waals surface area contributed by atoms with Crippen molar-refractivity contribution in [3.63, 3.8) is 0 Å². The number of likely N-dealkylation sites (tertiary alicyclic amines) is 1. The minimum atomic E-state index is -0.344. The average molecular weight is 478 g/mol. The number of amides is 1.